The summed E-state index contributed by atoms with van der Waals surface area (Å²) in [5.41, 5.74) is -1.90. The van der Waals surface area contributed by atoms with Crippen LogP contribution >= 0.6 is 0 Å². The second-order valence-electron chi connectivity index (χ2n) is 4.80. The summed E-state index contributed by atoms with van der Waals surface area (Å²) < 4.78 is 40.0. The molecule has 2 rings (SSSR count). The van der Waals surface area contributed by atoms with Crippen molar-refractivity contribution in [3.05, 3.63) is 17.5 Å². The standard InChI is InChI=1S/C12H15F3N2O2/c13-12(14,15)10-9(11(18)19)7-16-17(10)8-5-3-1-2-4-6-8/h7-8H,1-6H2,(H,18,19). The molecule has 4 nitrogen and oxygen atoms in total. The van der Waals surface area contributed by atoms with Crippen LogP contribution < -0.4 is 0 Å². The largest absolute Gasteiger partial charge is 0.478 e. The van der Waals surface area contributed by atoms with Gasteiger partial charge in [-0.3, -0.25) is 4.68 Å². The van der Waals surface area contributed by atoms with Gasteiger partial charge in [-0.1, -0.05) is 25.7 Å². The first-order chi connectivity index (χ1) is 8.91. The van der Waals surface area contributed by atoms with Gasteiger partial charge in [0.15, 0.2) is 5.69 Å². The lowest BCUT2D eigenvalue weighted by molar-refractivity contribution is -0.145. The summed E-state index contributed by atoms with van der Waals surface area (Å²) in [5.74, 6) is -1.59. The van der Waals surface area contributed by atoms with Crippen molar-refractivity contribution in [2.45, 2.75) is 50.7 Å². The van der Waals surface area contributed by atoms with Crippen molar-refractivity contribution >= 4 is 5.97 Å². The molecule has 0 radical (unpaired) electrons. The molecule has 0 aliphatic heterocycles. The smallest absolute Gasteiger partial charge is 0.433 e. The third kappa shape index (κ3) is 2.90. The molecule has 0 bridgehead atoms. The number of aromatic carboxylic acids is 1. The van der Waals surface area contributed by atoms with E-state index in [1.807, 2.05) is 0 Å². The van der Waals surface area contributed by atoms with Gasteiger partial charge in [0.1, 0.15) is 5.56 Å². The van der Waals surface area contributed by atoms with Gasteiger partial charge in [0.25, 0.3) is 0 Å². The average Bonchev–Trinajstić information content (AvgIpc) is 2.59. The molecular weight excluding hydrogens is 261 g/mol. The van der Waals surface area contributed by atoms with Crippen molar-refractivity contribution in [2.24, 2.45) is 0 Å². The Morgan fingerprint density at radius 1 is 1.26 bits per heavy atom. The second-order valence-corrected chi connectivity index (χ2v) is 4.80. The number of aromatic nitrogens is 2. The number of carboxylic acids is 1. The molecule has 0 saturated heterocycles. The van der Waals surface area contributed by atoms with E-state index < -0.39 is 23.4 Å². The quantitative estimate of drug-likeness (QED) is 0.841. The summed E-state index contributed by atoms with van der Waals surface area (Å²) >= 11 is 0. The summed E-state index contributed by atoms with van der Waals surface area (Å²) in [7, 11) is 0. The van der Waals surface area contributed by atoms with Crippen LogP contribution in [0.2, 0.25) is 0 Å². The fourth-order valence-corrected chi connectivity index (χ4v) is 2.58. The molecule has 19 heavy (non-hydrogen) atoms. The Bertz CT molecular complexity index is 460. The molecule has 1 heterocycles. The van der Waals surface area contributed by atoms with Crippen molar-refractivity contribution in [1.29, 1.82) is 0 Å². The third-order valence-corrected chi connectivity index (χ3v) is 3.46. The maximum atomic E-state index is 13.0. The van der Waals surface area contributed by atoms with E-state index >= 15 is 0 Å². The average molecular weight is 276 g/mol. The molecule has 1 aliphatic carbocycles. The number of nitrogens with zero attached hydrogens (tertiary/aromatic N) is 2. The second kappa shape index (κ2) is 5.22. The molecule has 0 unspecified atom stereocenters. The molecule has 0 spiro atoms. The lowest BCUT2D eigenvalue weighted by Crippen LogP contribution is -2.21. The van der Waals surface area contributed by atoms with Crippen LogP contribution in [-0.4, -0.2) is 20.9 Å². The maximum absolute atomic E-state index is 13.0. The normalized spacial score (nSPS) is 18.3. The molecule has 7 heteroatoms. The van der Waals surface area contributed by atoms with Gasteiger partial charge in [-0.2, -0.15) is 18.3 Å². The predicted octanol–water partition coefficient (Wildman–Crippen LogP) is 3.50. The first-order valence-electron chi connectivity index (χ1n) is 6.29. The lowest BCUT2D eigenvalue weighted by atomic mass is 10.1. The fraction of sp³-hybridized carbons (Fsp3) is 0.667. The monoisotopic (exact) mass is 276 g/mol. The molecule has 0 atom stereocenters. The summed E-state index contributed by atoms with van der Waals surface area (Å²) in [6, 6.07) is -0.354. The zero-order valence-electron chi connectivity index (χ0n) is 10.3. The van der Waals surface area contributed by atoms with Crippen molar-refractivity contribution in [3.63, 3.8) is 0 Å². The highest BCUT2D eigenvalue weighted by molar-refractivity contribution is 5.88. The summed E-state index contributed by atoms with van der Waals surface area (Å²) in [5, 5.41) is 12.5. The minimum Gasteiger partial charge on any atom is -0.478 e. The van der Waals surface area contributed by atoms with Crippen LogP contribution in [0, 0.1) is 0 Å². The third-order valence-electron chi connectivity index (χ3n) is 3.46. The van der Waals surface area contributed by atoms with Crippen molar-refractivity contribution in [1.82, 2.24) is 9.78 Å². The van der Waals surface area contributed by atoms with Gasteiger partial charge in [0.05, 0.1) is 12.2 Å². The minimum atomic E-state index is -4.70. The Morgan fingerprint density at radius 3 is 2.32 bits per heavy atom. The zero-order chi connectivity index (χ0) is 14.0. The molecule has 1 N–H and O–H groups in total. The van der Waals surface area contributed by atoms with Crippen molar-refractivity contribution < 1.29 is 23.1 Å². The Balaban J connectivity index is 2.42. The van der Waals surface area contributed by atoms with E-state index in [1.54, 1.807) is 0 Å². The van der Waals surface area contributed by atoms with Gasteiger partial charge in [0, 0.05) is 0 Å². The predicted molar refractivity (Wildman–Crippen MR) is 60.9 cm³/mol. The van der Waals surface area contributed by atoms with E-state index in [0.717, 1.165) is 36.6 Å². The number of hydrogen-bond donors (Lipinski definition) is 1. The molecular formula is C12H15F3N2O2. The Kier molecular flexibility index (Phi) is 3.82. The van der Waals surface area contributed by atoms with Gasteiger partial charge >= 0.3 is 12.1 Å². The molecule has 1 aromatic heterocycles. The van der Waals surface area contributed by atoms with Crippen LogP contribution in [0.15, 0.2) is 6.20 Å². The molecule has 0 aromatic carbocycles. The lowest BCUT2D eigenvalue weighted by Gasteiger charge is -2.19. The van der Waals surface area contributed by atoms with E-state index in [4.69, 9.17) is 5.11 Å². The van der Waals surface area contributed by atoms with E-state index in [9.17, 15) is 18.0 Å². The van der Waals surface area contributed by atoms with Gasteiger partial charge in [-0.15, -0.1) is 0 Å². The van der Waals surface area contributed by atoms with Crippen LogP contribution in [0.1, 0.15) is 60.6 Å². The van der Waals surface area contributed by atoms with E-state index in [1.165, 1.54) is 0 Å². The molecule has 1 saturated carbocycles. The highest BCUT2D eigenvalue weighted by Gasteiger charge is 2.41. The van der Waals surface area contributed by atoms with E-state index in [2.05, 4.69) is 5.10 Å². The van der Waals surface area contributed by atoms with Crippen LogP contribution in [-0.2, 0) is 6.18 Å². The Morgan fingerprint density at radius 2 is 1.84 bits per heavy atom. The number of alkyl halides is 3. The topological polar surface area (TPSA) is 55.1 Å². The molecule has 106 valence electrons. The van der Waals surface area contributed by atoms with Crippen molar-refractivity contribution in [3.8, 4) is 0 Å². The molecule has 1 fully saturated rings. The van der Waals surface area contributed by atoms with Gasteiger partial charge in [-0.05, 0) is 12.8 Å². The SMILES string of the molecule is O=C(O)c1cnn(C2CCCCCC2)c1C(F)(F)F. The number of rotatable bonds is 2. The van der Waals surface area contributed by atoms with Crippen LogP contribution in [0.25, 0.3) is 0 Å². The van der Waals surface area contributed by atoms with Gasteiger partial charge < -0.3 is 5.11 Å². The molecule has 0 amide bonds. The zero-order valence-corrected chi connectivity index (χ0v) is 10.3. The highest BCUT2D eigenvalue weighted by atomic mass is 19.4. The van der Waals surface area contributed by atoms with Gasteiger partial charge in [-0.25, -0.2) is 4.79 Å². The number of hydrogen-bond acceptors (Lipinski definition) is 2. The number of carboxylic acid groups (broad SMARTS) is 1. The van der Waals surface area contributed by atoms with E-state index in [-0.39, 0.29) is 6.04 Å². The summed E-state index contributed by atoms with van der Waals surface area (Å²) in [6.45, 7) is 0. The Hall–Kier alpha value is -1.53. The number of carbonyl (C=O) groups is 1. The number of halogens is 3. The minimum absolute atomic E-state index is 0.354. The highest BCUT2D eigenvalue weighted by Crippen LogP contribution is 2.36. The summed E-state index contributed by atoms with van der Waals surface area (Å²) in [4.78, 5) is 10.9. The maximum Gasteiger partial charge on any atom is 0.433 e. The van der Waals surface area contributed by atoms with Crippen LogP contribution in [0.3, 0.4) is 0 Å². The molecule has 1 aromatic rings. The summed E-state index contributed by atoms with van der Waals surface area (Å²) in [6.07, 6.45) is 1.05. The van der Waals surface area contributed by atoms with Gasteiger partial charge in [0.2, 0.25) is 0 Å². The Labute approximate surface area is 108 Å². The van der Waals surface area contributed by atoms with E-state index in [0.29, 0.717) is 12.8 Å². The van der Waals surface area contributed by atoms with Crippen molar-refractivity contribution in [2.75, 3.05) is 0 Å². The fourth-order valence-electron chi connectivity index (χ4n) is 2.58. The molecule has 1 aliphatic rings. The van der Waals surface area contributed by atoms with Crippen LogP contribution in [0.5, 0.6) is 0 Å². The first kappa shape index (κ1) is 13.9. The first-order valence-corrected chi connectivity index (χ1v) is 6.29. The van der Waals surface area contributed by atoms with Crippen LogP contribution in [0.4, 0.5) is 13.2 Å².